The molecule has 2 amide bonds. The first kappa shape index (κ1) is 22.5. The number of hydrogen-bond donors (Lipinski definition) is 1. The summed E-state index contributed by atoms with van der Waals surface area (Å²) in [4.78, 5) is 27.3. The smallest absolute Gasteiger partial charge is 0.247 e. The van der Waals surface area contributed by atoms with E-state index in [1.165, 1.54) is 16.1 Å². The lowest BCUT2D eigenvalue weighted by molar-refractivity contribution is -0.122. The van der Waals surface area contributed by atoms with Crippen LogP contribution < -0.4 is 10.2 Å². The number of para-hydroxylation sites is 1. The van der Waals surface area contributed by atoms with Gasteiger partial charge in [0.2, 0.25) is 21.8 Å². The highest BCUT2D eigenvalue weighted by atomic mass is 32.2. The van der Waals surface area contributed by atoms with Gasteiger partial charge in [-0.2, -0.15) is 4.31 Å². The first-order chi connectivity index (χ1) is 15.2. The van der Waals surface area contributed by atoms with Crippen molar-refractivity contribution in [1.82, 2.24) is 4.31 Å². The number of carbonyl (C=O) groups is 2. The lowest BCUT2D eigenvalue weighted by Gasteiger charge is -2.26. The largest absolute Gasteiger partial charge is 0.324 e. The molecule has 0 aromatic heterocycles. The molecule has 170 valence electrons. The first-order valence-corrected chi connectivity index (χ1v) is 12.4. The number of rotatable bonds is 4. The molecular weight excluding hydrogens is 426 g/mol. The average Bonchev–Trinajstić information content (AvgIpc) is 3.16. The fourth-order valence-electron chi connectivity index (χ4n) is 4.66. The molecule has 32 heavy (non-hydrogen) atoms. The van der Waals surface area contributed by atoms with Crippen LogP contribution in [0, 0.1) is 13.8 Å². The fourth-order valence-corrected chi connectivity index (χ4v) is 6.23. The van der Waals surface area contributed by atoms with Gasteiger partial charge in [-0.15, -0.1) is 0 Å². The van der Waals surface area contributed by atoms with Gasteiger partial charge in [0.25, 0.3) is 0 Å². The zero-order chi connectivity index (χ0) is 23.0. The number of benzene rings is 2. The van der Waals surface area contributed by atoms with Crippen molar-refractivity contribution in [2.24, 2.45) is 0 Å². The molecule has 7 nitrogen and oxygen atoms in total. The van der Waals surface area contributed by atoms with Gasteiger partial charge in [0, 0.05) is 37.8 Å². The Balaban J connectivity index is 1.63. The van der Waals surface area contributed by atoms with E-state index in [0.29, 0.717) is 24.3 Å². The molecule has 0 bridgehead atoms. The number of carbonyl (C=O) groups excluding carboxylic acids is 2. The highest BCUT2D eigenvalue weighted by Crippen LogP contribution is 2.36. The highest BCUT2D eigenvalue weighted by Gasteiger charge is 2.38. The van der Waals surface area contributed by atoms with Crippen molar-refractivity contribution < 1.29 is 18.0 Å². The maximum atomic E-state index is 13.2. The number of nitrogens with zero attached hydrogens (tertiary/aromatic N) is 2. The van der Waals surface area contributed by atoms with Gasteiger partial charge in [0.1, 0.15) is 6.04 Å². The highest BCUT2D eigenvalue weighted by molar-refractivity contribution is 7.89. The van der Waals surface area contributed by atoms with Gasteiger partial charge < -0.3 is 5.32 Å². The standard InChI is InChI=1S/C24H29N3O4S/c1-16-8-7-9-17(2)23(16)25-24(29)22-15-19-14-20(10-11-21(19)27(22)18(3)28)32(30,31)26-12-5-4-6-13-26/h7-11,14,22H,4-6,12-13,15H2,1-3H3,(H,25,29). The molecular formula is C24H29N3O4S. The van der Waals surface area contributed by atoms with E-state index in [1.807, 2.05) is 32.0 Å². The molecule has 2 aromatic rings. The van der Waals surface area contributed by atoms with Crippen LogP contribution in [0.25, 0.3) is 0 Å². The summed E-state index contributed by atoms with van der Waals surface area (Å²) >= 11 is 0. The van der Waals surface area contributed by atoms with Crippen LogP contribution in [-0.2, 0) is 26.0 Å². The Kier molecular flexibility index (Phi) is 6.09. The van der Waals surface area contributed by atoms with E-state index in [1.54, 1.807) is 18.2 Å². The summed E-state index contributed by atoms with van der Waals surface area (Å²) in [5.74, 6) is -0.536. The van der Waals surface area contributed by atoms with Gasteiger partial charge in [-0.1, -0.05) is 24.6 Å². The molecule has 2 aliphatic heterocycles. The topological polar surface area (TPSA) is 86.8 Å². The monoisotopic (exact) mass is 455 g/mol. The van der Waals surface area contributed by atoms with Crippen LogP contribution in [0.2, 0.25) is 0 Å². The molecule has 1 fully saturated rings. The number of anilines is 2. The van der Waals surface area contributed by atoms with E-state index >= 15 is 0 Å². The van der Waals surface area contributed by atoms with Crippen LogP contribution in [0.5, 0.6) is 0 Å². The van der Waals surface area contributed by atoms with Crippen LogP contribution >= 0.6 is 0 Å². The number of aryl methyl sites for hydroxylation is 2. The molecule has 0 spiro atoms. The van der Waals surface area contributed by atoms with Crippen molar-refractivity contribution in [3.05, 3.63) is 53.1 Å². The van der Waals surface area contributed by atoms with Crippen LogP contribution in [0.3, 0.4) is 0 Å². The van der Waals surface area contributed by atoms with Crippen LogP contribution in [0.4, 0.5) is 11.4 Å². The SMILES string of the molecule is CC(=O)N1c2ccc(S(=O)(=O)N3CCCCC3)cc2CC1C(=O)Nc1c(C)cccc1C. The summed E-state index contributed by atoms with van der Waals surface area (Å²) in [5.41, 5.74) is 3.92. The molecule has 0 saturated carbocycles. The molecule has 2 aromatic carbocycles. The predicted octanol–water partition coefficient (Wildman–Crippen LogP) is 3.39. The molecule has 2 heterocycles. The Morgan fingerprint density at radius 1 is 1.00 bits per heavy atom. The van der Waals surface area contributed by atoms with Crippen LogP contribution in [0.15, 0.2) is 41.3 Å². The van der Waals surface area contributed by atoms with E-state index < -0.39 is 16.1 Å². The van der Waals surface area contributed by atoms with E-state index in [2.05, 4.69) is 5.32 Å². The Hall–Kier alpha value is -2.71. The van der Waals surface area contributed by atoms with Gasteiger partial charge in [0.15, 0.2) is 0 Å². The third-order valence-corrected chi connectivity index (χ3v) is 8.25. The van der Waals surface area contributed by atoms with E-state index in [9.17, 15) is 18.0 Å². The number of sulfonamides is 1. The maximum absolute atomic E-state index is 13.2. The second-order valence-electron chi connectivity index (χ2n) is 8.62. The lowest BCUT2D eigenvalue weighted by Crippen LogP contribution is -2.44. The summed E-state index contributed by atoms with van der Waals surface area (Å²) in [6.07, 6.45) is 3.04. The zero-order valence-corrected chi connectivity index (χ0v) is 19.5. The van der Waals surface area contributed by atoms with Crippen molar-refractivity contribution in [3.63, 3.8) is 0 Å². The first-order valence-electron chi connectivity index (χ1n) is 11.0. The lowest BCUT2D eigenvalue weighted by atomic mass is 10.1. The van der Waals surface area contributed by atoms with Crippen molar-refractivity contribution in [1.29, 1.82) is 0 Å². The second-order valence-corrected chi connectivity index (χ2v) is 10.6. The summed E-state index contributed by atoms with van der Waals surface area (Å²) < 4.78 is 27.7. The molecule has 0 radical (unpaired) electrons. The fraction of sp³-hybridized carbons (Fsp3) is 0.417. The van der Waals surface area contributed by atoms with Crippen LogP contribution in [-0.4, -0.2) is 43.7 Å². The van der Waals surface area contributed by atoms with E-state index in [-0.39, 0.29) is 23.1 Å². The summed E-state index contributed by atoms with van der Waals surface area (Å²) in [6, 6.07) is 9.87. The predicted molar refractivity (Wildman–Crippen MR) is 124 cm³/mol. The molecule has 1 saturated heterocycles. The maximum Gasteiger partial charge on any atom is 0.247 e. The molecule has 2 aliphatic rings. The molecule has 0 aliphatic carbocycles. The number of hydrogen-bond acceptors (Lipinski definition) is 4. The van der Waals surface area contributed by atoms with Gasteiger partial charge in [-0.25, -0.2) is 8.42 Å². The third kappa shape index (κ3) is 4.04. The number of piperidine rings is 1. The second kappa shape index (κ2) is 8.67. The van der Waals surface area contributed by atoms with Gasteiger partial charge in [0.05, 0.1) is 4.90 Å². The normalized spacial score (nSPS) is 19.0. The van der Waals surface area contributed by atoms with Crippen molar-refractivity contribution >= 4 is 33.2 Å². The van der Waals surface area contributed by atoms with E-state index in [0.717, 1.165) is 36.1 Å². The Bertz CT molecular complexity index is 1150. The third-order valence-electron chi connectivity index (χ3n) is 6.36. The average molecular weight is 456 g/mol. The van der Waals surface area contributed by atoms with Crippen molar-refractivity contribution in [2.45, 2.75) is 57.4 Å². The van der Waals surface area contributed by atoms with E-state index in [4.69, 9.17) is 0 Å². The Morgan fingerprint density at radius 2 is 1.66 bits per heavy atom. The summed E-state index contributed by atoms with van der Waals surface area (Å²) in [6.45, 7) is 6.32. The van der Waals surface area contributed by atoms with Gasteiger partial charge in [-0.05, 0) is 61.6 Å². The Morgan fingerprint density at radius 3 is 2.28 bits per heavy atom. The molecule has 4 rings (SSSR count). The molecule has 1 atom stereocenters. The number of fused-ring (bicyclic) bond motifs is 1. The molecule has 8 heteroatoms. The van der Waals surface area contributed by atoms with Crippen LogP contribution in [0.1, 0.15) is 42.9 Å². The van der Waals surface area contributed by atoms with Gasteiger partial charge in [-0.3, -0.25) is 14.5 Å². The minimum atomic E-state index is -3.59. The minimum absolute atomic E-state index is 0.220. The molecule has 1 N–H and O–H groups in total. The quantitative estimate of drug-likeness (QED) is 0.766. The van der Waals surface area contributed by atoms with Gasteiger partial charge >= 0.3 is 0 Å². The summed E-state index contributed by atoms with van der Waals surface area (Å²) in [5, 5.41) is 2.98. The molecule has 1 unspecified atom stereocenters. The van der Waals surface area contributed by atoms with Crippen molar-refractivity contribution in [2.75, 3.05) is 23.3 Å². The Labute approximate surface area is 189 Å². The zero-order valence-electron chi connectivity index (χ0n) is 18.7. The number of amides is 2. The minimum Gasteiger partial charge on any atom is -0.324 e. The van der Waals surface area contributed by atoms with Crippen molar-refractivity contribution in [3.8, 4) is 0 Å². The summed E-state index contributed by atoms with van der Waals surface area (Å²) in [7, 11) is -3.59. The number of nitrogens with one attached hydrogen (secondary N) is 1.